The highest BCUT2D eigenvalue weighted by molar-refractivity contribution is 9.09. The van der Waals surface area contributed by atoms with Gasteiger partial charge >= 0.3 is 0 Å². The summed E-state index contributed by atoms with van der Waals surface area (Å²) in [6.45, 7) is 5.35. The van der Waals surface area contributed by atoms with Gasteiger partial charge in [-0.1, -0.05) is 60.1 Å². The predicted molar refractivity (Wildman–Crippen MR) is 86.0 cm³/mol. The van der Waals surface area contributed by atoms with Crippen molar-refractivity contribution in [3.05, 3.63) is 48.0 Å². The Labute approximate surface area is 129 Å². The minimum Gasteiger partial charge on any atom is -0.250 e. The van der Waals surface area contributed by atoms with Gasteiger partial charge in [0.05, 0.1) is 0 Å². The number of nitrogens with zero attached hydrogens (tertiary/aromatic N) is 3. The number of rotatable bonds is 7. The summed E-state index contributed by atoms with van der Waals surface area (Å²) in [5.41, 5.74) is 1.38. The maximum atomic E-state index is 4.43. The van der Waals surface area contributed by atoms with Gasteiger partial charge in [0.15, 0.2) is 0 Å². The molecule has 1 aromatic heterocycles. The lowest BCUT2D eigenvalue weighted by Gasteiger charge is -2.15. The Morgan fingerprint density at radius 1 is 1.15 bits per heavy atom. The number of hydrogen-bond donors (Lipinski definition) is 0. The second-order valence-corrected chi connectivity index (χ2v) is 6.31. The van der Waals surface area contributed by atoms with E-state index in [1.165, 1.54) is 5.56 Å². The van der Waals surface area contributed by atoms with Gasteiger partial charge in [-0.3, -0.25) is 0 Å². The van der Waals surface area contributed by atoms with Gasteiger partial charge in [-0.25, -0.2) is 9.67 Å². The van der Waals surface area contributed by atoms with E-state index in [4.69, 9.17) is 0 Å². The number of halogens is 1. The van der Waals surface area contributed by atoms with Gasteiger partial charge in [-0.15, -0.1) is 0 Å². The van der Waals surface area contributed by atoms with Crippen molar-refractivity contribution in [3.8, 4) is 0 Å². The van der Waals surface area contributed by atoms with Crippen molar-refractivity contribution < 1.29 is 0 Å². The molecule has 1 unspecified atom stereocenters. The van der Waals surface area contributed by atoms with Crippen LogP contribution in [0, 0.1) is 11.8 Å². The fraction of sp³-hybridized carbons (Fsp3) is 0.500. The van der Waals surface area contributed by atoms with Crippen LogP contribution in [-0.2, 0) is 19.4 Å². The molecule has 20 heavy (non-hydrogen) atoms. The first-order chi connectivity index (χ1) is 9.69. The van der Waals surface area contributed by atoms with E-state index in [-0.39, 0.29) is 0 Å². The van der Waals surface area contributed by atoms with E-state index in [1.807, 2.05) is 4.68 Å². The first kappa shape index (κ1) is 15.2. The largest absolute Gasteiger partial charge is 0.250 e. The Bertz CT molecular complexity index is 507. The molecular weight excluding hydrogens is 314 g/mol. The SMILES string of the molecule is CC(C)Cn1ncnc1CC(CBr)Cc1ccccc1. The molecular formula is C16H22BrN3. The van der Waals surface area contributed by atoms with E-state index in [2.05, 4.69) is 70.2 Å². The zero-order chi connectivity index (χ0) is 14.4. The van der Waals surface area contributed by atoms with Gasteiger partial charge in [0.1, 0.15) is 12.2 Å². The van der Waals surface area contributed by atoms with Gasteiger partial charge in [0, 0.05) is 18.3 Å². The third-order valence-corrected chi connectivity index (χ3v) is 4.21. The van der Waals surface area contributed by atoms with Crippen LogP contribution < -0.4 is 0 Å². The second-order valence-electron chi connectivity index (χ2n) is 5.67. The molecule has 0 aliphatic heterocycles. The highest BCUT2D eigenvalue weighted by Gasteiger charge is 2.14. The molecule has 2 aromatic rings. The molecule has 0 aliphatic carbocycles. The van der Waals surface area contributed by atoms with E-state index in [0.717, 1.165) is 30.5 Å². The van der Waals surface area contributed by atoms with Gasteiger partial charge in [-0.05, 0) is 23.8 Å². The van der Waals surface area contributed by atoms with Crippen molar-refractivity contribution in [3.63, 3.8) is 0 Å². The Hall–Kier alpha value is -1.16. The van der Waals surface area contributed by atoms with Crippen LogP contribution in [0.1, 0.15) is 25.2 Å². The normalized spacial score (nSPS) is 12.8. The molecule has 1 aromatic carbocycles. The Morgan fingerprint density at radius 3 is 2.55 bits per heavy atom. The number of hydrogen-bond acceptors (Lipinski definition) is 2. The average Bonchev–Trinajstić information content (AvgIpc) is 2.85. The summed E-state index contributed by atoms with van der Waals surface area (Å²) >= 11 is 3.64. The summed E-state index contributed by atoms with van der Waals surface area (Å²) in [5.74, 6) is 2.23. The molecule has 0 bridgehead atoms. The molecule has 0 fully saturated rings. The molecule has 0 saturated heterocycles. The van der Waals surface area contributed by atoms with E-state index >= 15 is 0 Å². The monoisotopic (exact) mass is 335 g/mol. The fourth-order valence-corrected chi connectivity index (χ4v) is 2.79. The molecule has 0 spiro atoms. The molecule has 0 radical (unpaired) electrons. The summed E-state index contributed by atoms with van der Waals surface area (Å²) in [7, 11) is 0. The summed E-state index contributed by atoms with van der Waals surface area (Å²) in [4.78, 5) is 4.43. The van der Waals surface area contributed by atoms with Crippen LogP contribution in [-0.4, -0.2) is 20.1 Å². The maximum absolute atomic E-state index is 4.43. The van der Waals surface area contributed by atoms with E-state index in [9.17, 15) is 0 Å². The molecule has 0 saturated carbocycles. The number of alkyl halides is 1. The zero-order valence-corrected chi connectivity index (χ0v) is 13.8. The third-order valence-electron chi connectivity index (χ3n) is 3.29. The van der Waals surface area contributed by atoms with Gasteiger partial charge in [0.2, 0.25) is 0 Å². The van der Waals surface area contributed by atoms with Crippen molar-refractivity contribution in [1.29, 1.82) is 0 Å². The van der Waals surface area contributed by atoms with Crippen LogP contribution in [0.15, 0.2) is 36.7 Å². The highest BCUT2D eigenvalue weighted by atomic mass is 79.9. The minimum atomic E-state index is 0.549. The smallest absolute Gasteiger partial charge is 0.138 e. The molecule has 0 aliphatic rings. The molecule has 3 nitrogen and oxygen atoms in total. The van der Waals surface area contributed by atoms with Crippen LogP contribution in [0.3, 0.4) is 0 Å². The van der Waals surface area contributed by atoms with Crippen LogP contribution in [0.5, 0.6) is 0 Å². The maximum Gasteiger partial charge on any atom is 0.138 e. The minimum absolute atomic E-state index is 0.549. The van der Waals surface area contributed by atoms with Crippen LogP contribution in [0.2, 0.25) is 0 Å². The quantitative estimate of drug-likeness (QED) is 0.722. The lowest BCUT2D eigenvalue weighted by Crippen LogP contribution is -2.16. The first-order valence-corrected chi connectivity index (χ1v) is 8.27. The van der Waals surface area contributed by atoms with E-state index in [1.54, 1.807) is 6.33 Å². The predicted octanol–water partition coefficient (Wildman–Crippen LogP) is 3.73. The van der Waals surface area contributed by atoms with Gasteiger partial charge in [0.25, 0.3) is 0 Å². The second kappa shape index (κ2) is 7.58. The Kier molecular flexibility index (Phi) is 5.77. The van der Waals surface area contributed by atoms with Crippen molar-refractivity contribution >= 4 is 15.9 Å². The third kappa shape index (κ3) is 4.44. The van der Waals surface area contributed by atoms with E-state index in [0.29, 0.717) is 11.8 Å². The summed E-state index contributed by atoms with van der Waals surface area (Å²) < 4.78 is 2.05. The van der Waals surface area contributed by atoms with Crippen LogP contribution in [0.25, 0.3) is 0 Å². The molecule has 2 rings (SSSR count). The molecule has 0 N–H and O–H groups in total. The van der Waals surface area contributed by atoms with Crippen molar-refractivity contribution in [2.45, 2.75) is 33.2 Å². The lowest BCUT2D eigenvalue weighted by atomic mass is 9.98. The fourth-order valence-electron chi connectivity index (χ4n) is 2.33. The lowest BCUT2D eigenvalue weighted by molar-refractivity contribution is 0.448. The summed E-state index contributed by atoms with van der Waals surface area (Å²) in [6.07, 6.45) is 3.71. The summed E-state index contributed by atoms with van der Waals surface area (Å²) in [6, 6.07) is 10.6. The van der Waals surface area contributed by atoms with Gasteiger partial charge < -0.3 is 0 Å². The van der Waals surface area contributed by atoms with Crippen molar-refractivity contribution in [1.82, 2.24) is 14.8 Å². The van der Waals surface area contributed by atoms with Crippen LogP contribution >= 0.6 is 15.9 Å². The highest BCUT2D eigenvalue weighted by Crippen LogP contribution is 2.16. The van der Waals surface area contributed by atoms with Crippen molar-refractivity contribution in [2.75, 3.05) is 5.33 Å². The topological polar surface area (TPSA) is 30.7 Å². The molecule has 1 heterocycles. The number of benzene rings is 1. The summed E-state index contributed by atoms with van der Waals surface area (Å²) in [5, 5.41) is 5.32. The zero-order valence-electron chi connectivity index (χ0n) is 12.2. The van der Waals surface area contributed by atoms with Crippen LogP contribution in [0.4, 0.5) is 0 Å². The molecule has 108 valence electrons. The number of aromatic nitrogens is 3. The van der Waals surface area contributed by atoms with Gasteiger partial charge in [-0.2, -0.15) is 5.10 Å². The molecule has 4 heteroatoms. The Balaban J connectivity index is 2.01. The van der Waals surface area contributed by atoms with E-state index < -0.39 is 0 Å². The first-order valence-electron chi connectivity index (χ1n) is 7.15. The Morgan fingerprint density at radius 2 is 1.90 bits per heavy atom. The standard InChI is InChI=1S/C16H22BrN3/c1-13(2)11-20-16(18-12-19-20)9-15(10-17)8-14-6-4-3-5-7-14/h3-7,12-13,15H,8-11H2,1-2H3. The molecule has 1 atom stereocenters. The molecule has 0 amide bonds. The average molecular weight is 336 g/mol. The van der Waals surface area contributed by atoms with Crippen molar-refractivity contribution in [2.24, 2.45) is 11.8 Å².